The monoisotopic (exact) mass is 276 g/mol. The maximum absolute atomic E-state index is 11.0. The van der Waals surface area contributed by atoms with Crippen LogP contribution in [0.25, 0.3) is 0 Å². The zero-order valence-corrected chi connectivity index (χ0v) is 10.6. The van der Waals surface area contributed by atoms with Gasteiger partial charge in [0.25, 0.3) is 6.47 Å². The van der Waals surface area contributed by atoms with Crippen molar-refractivity contribution in [1.82, 2.24) is 0 Å². The van der Waals surface area contributed by atoms with Crippen molar-refractivity contribution in [3.63, 3.8) is 0 Å². The average Bonchev–Trinajstić information content (AvgIpc) is 2.29. The molecule has 0 aromatic rings. The molecule has 8 heteroatoms. The van der Waals surface area contributed by atoms with Crippen LogP contribution in [0.15, 0.2) is 0 Å². The van der Waals surface area contributed by atoms with Crippen LogP contribution >= 0.6 is 0 Å². The third kappa shape index (κ3) is 4.84. The van der Waals surface area contributed by atoms with E-state index in [4.69, 9.17) is 18.9 Å². The number of aliphatic hydroxyl groups excluding tert-OH is 1. The van der Waals surface area contributed by atoms with Gasteiger partial charge in [0.2, 0.25) is 0 Å². The van der Waals surface area contributed by atoms with Gasteiger partial charge in [0, 0.05) is 20.3 Å². The first-order chi connectivity index (χ1) is 8.93. The molecule has 1 heterocycles. The molecule has 4 atom stereocenters. The Morgan fingerprint density at radius 3 is 2.58 bits per heavy atom. The quantitative estimate of drug-likeness (QED) is 0.392. The molecule has 1 aliphatic rings. The van der Waals surface area contributed by atoms with Crippen LogP contribution in [0.2, 0.25) is 0 Å². The van der Waals surface area contributed by atoms with Crippen LogP contribution in [0, 0.1) is 0 Å². The molecular weight excluding hydrogens is 260 g/mol. The van der Waals surface area contributed by atoms with Gasteiger partial charge in [-0.2, -0.15) is 0 Å². The minimum Gasteiger partial charge on any atom is -0.463 e. The molecule has 4 unspecified atom stereocenters. The summed E-state index contributed by atoms with van der Waals surface area (Å²) < 4.78 is 19.6. The lowest BCUT2D eigenvalue weighted by Crippen LogP contribution is -2.53. The van der Waals surface area contributed by atoms with Gasteiger partial charge in [-0.1, -0.05) is 0 Å². The van der Waals surface area contributed by atoms with Crippen molar-refractivity contribution < 1.29 is 38.4 Å². The molecule has 0 aromatic heterocycles. The van der Waals surface area contributed by atoms with Crippen molar-refractivity contribution in [1.29, 1.82) is 0 Å². The topological polar surface area (TPSA) is 108 Å². The van der Waals surface area contributed by atoms with Gasteiger partial charge in [-0.05, 0) is 0 Å². The number of hydrogen-bond acceptors (Lipinski definition) is 8. The summed E-state index contributed by atoms with van der Waals surface area (Å²) in [5.74, 6) is -1.12. The van der Waals surface area contributed by atoms with E-state index in [1.54, 1.807) is 0 Å². The second-order valence-electron chi connectivity index (χ2n) is 4.01. The summed E-state index contributed by atoms with van der Waals surface area (Å²) in [7, 11) is 0. The first-order valence-electron chi connectivity index (χ1n) is 5.67. The third-order valence-electron chi connectivity index (χ3n) is 2.48. The summed E-state index contributed by atoms with van der Waals surface area (Å²) in [6.07, 6.45) is -3.93. The van der Waals surface area contributed by atoms with Crippen molar-refractivity contribution in [2.45, 2.75) is 44.9 Å². The summed E-state index contributed by atoms with van der Waals surface area (Å²) in [5.41, 5.74) is 0. The van der Waals surface area contributed by atoms with E-state index in [2.05, 4.69) is 0 Å². The summed E-state index contributed by atoms with van der Waals surface area (Å²) >= 11 is 0. The van der Waals surface area contributed by atoms with Gasteiger partial charge in [0.15, 0.2) is 12.4 Å². The molecule has 1 saturated heterocycles. The highest BCUT2D eigenvalue weighted by Crippen LogP contribution is 2.24. The van der Waals surface area contributed by atoms with E-state index in [0.29, 0.717) is 0 Å². The van der Waals surface area contributed by atoms with Crippen LogP contribution in [0.3, 0.4) is 0 Å². The van der Waals surface area contributed by atoms with Crippen LogP contribution in [0.5, 0.6) is 0 Å². The molecule has 1 N–H and O–H groups in total. The van der Waals surface area contributed by atoms with Crippen LogP contribution in [0.4, 0.5) is 0 Å². The number of rotatable bonds is 5. The highest BCUT2D eigenvalue weighted by Gasteiger charge is 2.42. The standard InChI is InChI=1S/C11H16O8/c1-6(13)16-4-9-11(17-5-12)8(18-7(2)14)3-10(15)19-9/h5,8-11,15H,3-4H2,1-2H3. The Balaban J connectivity index is 2.75. The maximum Gasteiger partial charge on any atom is 0.303 e. The zero-order valence-electron chi connectivity index (χ0n) is 10.6. The predicted octanol–water partition coefficient (Wildman–Crippen LogP) is -0.870. The lowest BCUT2D eigenvalue weighted by molar-refractivity contribution is -0.250. The number of ether oxygens (including phenoxy) is 4. The third-order valence-corrected chi connectivity index (χ3v) is 2.48. The van der Waals surface area contributed by atoms with Gasteiger partial charge in [-0.15, -0.1) is 0 Å². The Kier molecular flexibility index (Phi) is 5.71. The fourth-order valence-corrected chi connectivity index (χ4v) is 1.81. The summed E-state index contributed by atoms with van der Waals surface area (Å²) in [6, 6.07) is 0. The van der Waals surface area contributed by atoms with Crippen LogP contribution in [-0.4, -0.2) is 54.7 Å². The molecule has 0 amide bonds. The molecule has 0 radical (unpaired) electrons. The summed E-state index contributed by atoms with van der Waals surface area (Å²) in [5, 5.41) is 9.52. The van der Waals surface area contributed by atoms with Crippen LogP contribution in [0.1, 0.15) is 20.3 Å². The Hall–Kier alpha value is -1.67. The lowest BCUT2D eigenvalue weighted by Gasteiger charge is -2.37. The van der Waals surface area contributed by atoms with Crippen LogP contribution in [-0.2, 0) is 33.3 Å². The number of carbonyl (C=O) groups excluding carboxylic acids is 3. The molecule has 1 rings (SSSR count). The molecule has 0 aromatic carbocycles. The summed E-state index contributed by atoms with van der Waals surface area (Å²) in [4.78, 5) is 32.2. The fourth-order valence-electron chi connectivity index (χ4n) is 1.81. The number of aliphatic hydroxyl groups is 1. The van der Waals surface area contributed by atoms with E-state index >= 15 is 0 Å². The van der Waals surface area contributed by atoms with Crippen LogP contribution < -0.4 is 0 Å². The molecule has 0 bridgehead atoms. The molecule has 19 heavy (non-hydrogen) atoms. The van der Waals surface area contributed by atoms with Gasteiger partial charge in [-0.3, -0.25) is 14.4 Å². The second kappa shape index (κ2) is 7.05. The van der Waals surface area contributed by atoms with Gasteiger partial charge in [-0.25, -0.2) is 0 Å². The highest BCUT2D eigenvalue weighted by atomic mass is 16.7. The maximum atomic E-state index is 11.0. The second-order valence-corrected chi connectivity index (χ2v) is 4.01. The fraction of sp³-hybridized carbons (Fsp3) is 0.727. The normalized spacial score (nSPS) is 30.3. The van der Waals surface area contributed by atoms with E-state index in [0.717, 1.165) is 0 Å². The van der Waals surface area contributed by atoms with Crippen molar-refractivity contribution in [3.8, 4) is 0 Å². The van der Waals surface area contributed by atoms with Crippen molar-refractivity contribution in [2.24, 2.45) is 0 Å². The first kappa shape index (κ1) is 15.4. The molecule has 8 nitrogen and oxygen atoms in total. The number of hydrogen-bond donors (Lipinski definition) is 1. The molecule has 1 aliphatic heterocycles. The van der Waals surface area contributed by atoms with E-state index in [-0.39, 0.29) is 19.5 Å². The molecule has 0 spiro atoms. The first-order valence-corrected chi connectivity index (χ1v) is 5.67. The smallest absolute Gasteiger partial charge is 0.303 e. The minimum atomic E-state index is -1.20. The molecule has 0 aliphatic carbocycles. The van der Waals surface area contributed by atoms with Gasteiger partial charge < -0.3 is 24.1 Å². The summed E-state index contributed by atoms with van der Waals surface area (Å²) in [6.45, 7) is 2.37. The minimum absolute atomic E-state index is 0.0331. The van der Waals surface area contributed by atoms with E-state index in [9.17, 15) is 19.5 Å². The Morgan fingerprint density at radius 1 is 1.37 bits per heavy atom. The molecular formula is C11H16O8. The molecule has 1 fully saturated rings. The number of carbonyl (C=O) groups is 3. The Morgan fingerprint density at radius 2 is 2.05 bits per heavy atom. The SMILES string of the molecule is CC(=O)OCC1OC(O)CC(OC(C)=O)C1OC=O. The Bertz CT molecular complexity index is 342. The molecule has 0 saturated carbocycles. The zero-order chi connectivity index (χ0) is 14.4. The van der Waals surface area contributed by atoms with E-state index in [1.807, 2.05) is 0 Å². The van der Waals surface area contributed by atoms with Crippen molar-refractivity contribution in [2.75, 3.05) is 6.61 Å². The van der Waals surface area contributed by atoms with Gasteiger partial charge in [0.05, 0.1) is 0 Å². The highest BCUT2D eigenvalue weighted by molar-refractivity contribution is 5.66. The Labute approximate surface area is 109 Å². The van der Waals surface area contributed by atoms with Crippen molar-refractivity contribution >= 4 is 18.4 Å². The van der Waals surface area contributed by atoms with E-state index < -0.39 is 36.5 Å². The lowest BCUT2D eigenvalue weighted by atomic mass is 10.0. The molecule has 108 valence electrons. The average molecular weight is 276 g/mol. The number of esters is 2. The van der Waals surface area contributed by atoms with E-state index in [1.165, 1.54) is 13.8 Å². The van der Waals surface area contributed by atoms with Gasteiger partial charge in [0.1, 0.15) is 18.8 Å². The predicted molar refractivity (Wildman–Crippen MR) is 58.6 cm³/mol. The van der Waals surface area contributed by atoms with Crippen molar-refractivity contribution in [3.05, 3.63) is 0 Å². The van der Waals surface area contributed by atoms with Gasteiger partial charge >= 0.3 is 11.9 Å². The largest absolute Gasteiger partial charge is 0.463 e.